The van der Waals surface area contributed by atoms with Gasteiger partial charge in [0.05, 0.1) is 0 Å². The number of rotatable bonds is 6. The van der Waals surface area contributed by atoms with Crippen LogP contribution in [0.4, 0.5) is 8.78 Å². The van der Waals surface area contributed by atoms with Gasteiger partial charge in [-0.1, -0.05) is 72.4 Å². The normalized spacial score (nSPS) is 17.0. The molecule has 0 aromatic heterocycles. The van der Waals surface area contributed by atoms with Crippen molar-refractivity contribution in [2.45, 2.75) is 36.7 Å². The van der Waals surface area contributed by atoms with Crippen molar-refractivity contribution >= 4 is 11.8 Å². The molecule has 2 rings (SSSR count). The zero-order chi connectivity index (χ0) is 15.3. The van der Waals surface area contributed by atoms with Crippen LogP contribution in [0.3, 0.4) is 0 Å². The molecule has 2 aromatic carbocycles. The topological polar surface area (TPSA) is 0 Å². The molecular weight excluding hydrogens is 286 g/mol. The summed E-state index contributed by atoms with van der Waals surface area (Å²) in [7, 11) is 0. The van der Waals surface area contributed by atoms with Crippen molar-refractivity contribution in [2.24, 2.45) is 0 Å². The first-order valence-electron chi connectivity index (χ1n) is 7.02. The quantitative estimate of drug-likeness (QED) is 0.671. The maximum atomic E-state index is 14.7. The van der Waals surface area contributed by atoms with Crippen LogP contribution in [0.25, 0.3) is 0 Å². The second-order valence-corrected chi connectivity index (χ2v) is 7.54. The van der Waals surface area contributed by atoms with Crippen LogP contribution in [0.2, 0.25) is 0 Å². The van der Waals surface area contributed by atoms with Crippen LogP contribution >= 0.6 is 11.8 Å². The van der Waals surface area contributed by atoms with Gasteiger partial charge >= 0.3 is 0 Å². The molecule has 0 nitrogen and oxygen atoms in total. The molecule has 0 fully saturated rings. The van der Waals surface area contributed by atoms with Crippen molar-refractivity contribution < 1.29 is 8.78 Å². The van der Waals surface area contributed by atoms with E-state index in [0.717, 1.165) is 22.9 Å². The van der Waals surface area contributed by atoms with Gasteiger partial charge < -0.3 is 0 Å². The number of benzene rings is 2. The van der Waals surface area contributed by atoms with E-state index in [2.05, 4.69) is 0 Å². The van der Waals surface area contributed by atoms with Crippen LogP contribution in [-0.4, -0.2) is 10.0 Å². The molecule has 2 atom stereocenters. The number of hydrogen-bond donors (Lipinski definition) is 0. The van der Waals surface area contributed by atoms with Crippen LogP contribution in [-0.2, 0) is 12.8 Å². The lowest BCUT2D eigenvalue weighted by atomic mass is 10.1. The highest BCUT2D eigenvalue weighted by atomic mass is 32.2. The summed E-state index contributed by atoms with van der Waals surface area (Å²) in [5.74, 6) is 0. The van der Waals surface area contributed by atoms with Gasteiger partial charge in [0, 0.05) is 12.8 Å². The molecule has 0 aliphatic rings. The molecule has 0 amide bonds. The fourth-order valence-electron chi connectivity index (χ4n) is 2.44. The van der Waals surface area contributed by atoms with Crippen LogP contribution in [0.15, 0.2) is 60.7 Å². The summed E-state index contributed by atoms with van der Waals surface area (Å²) in [4.78, 5) is 0. The van der Waals surface area contributed by atoms with Gasteiger partial charge in [-0.2, -0.15) is 0 Å². The smallest absolute Gasteiger partial charge is 0.160 e. The van der Waals surface area contributed by atoms with Gasteiger partial charge in [-0.25, -0.2) is 8.78 Å². The summed E-state index contributed by atoms with van der Waals surface area (Å²) in [6.45, 7) is 2.90. The number of thioether (sulfide) groups is 1. The van der Waals surface area contributed by atoms with E-state index in [9.17, 15) is 8.78 Å². The lowest BCUT2D eigenvalue weighted by Gasteiger charge is -2.28. The molecule has 0 radical (unpaired) electrons. The lowest BCUT2D eigenvalue weighted by Crippen LogP contribution is -2.27. The maximum Gasteiger partial charge on any atom is 0.160 e. The lowest BCUT2D eigenvalue weighted by molar-refractivity contribution is 0.274. The molecule has 3 heteroatoms. The Hall–Kier alpha value is -1.35. The Balaban J connectivity index is 2.01. The van der Waals surface area contributed by atoms with E-state index in [1.165, 1.54) is 13.8 Å². The monoisotopic (exact) mass is 306 g/mol. The highest BCUT2D eigenvalue weighted by Crippen LogP contribution is 2.42. The summed E-state index contributed by atoms with van der Waals surface area (Å²) >= 11 is 0.761. The average Bonchev–Trinajstić information content (AvgIpc) is 2.38. The Bertz CT molecular complexity index is 498. The molecule has 0 saturated carbocycles. The van der Waals surface area contributed by atoms with Crippen molar-refractivity contribution in [1.82, 2.24) is 0 Å². The van der Waals surface area contributed by atoms with E-state index in [1.807, 2.05) is 60.7 Å². The third-order valence-corrected chi connectivity index (χ3v) is 4.29. The van der Waals surface area contributed by atoms with Crippen molar-refractivity contribution in [2.75, 3.05) is 0 Å². The Kier molecular flexibility index (Phi) is 5.04. The first kappa shape index (κ1) is 16.0. The second kappa shape index (κ2) is 6.61. The number of alkyl halides is 2. The Labute approximate surface area is 129 Å². The van der Waals surface area contributed by atoms with Gasteiger partial charge in [-0.15, -0.1) is 0 Å². The highest BCUT2D eigenvalue weighted by molar-refractivity contribution is 8.01. The fourth-order valence-corrected chi connectivity index (χ4v) is 3.80. The van der Waals surface area contributed by atoms with Crippen molar-refractivity contribution in [3.05, 3.63) is 71.8 Å². The molecule has 0 spiro atoms. The Morgan fingerprint density at radius 2 is 1.05 bits per heavy atom. The fraction of sp³-hybridized carbons (Fsp3) is 0.333. The molecule has 2 aromatic rings. The van der Waals surface area contributed by atoms with Crippen molar-refractivity contribution in [1.29, 1.82) is 0 Å². The largest absolute Gasteiger partial charge is 0.232 e. The summed E-state index contributed by atoms with van der Waals surface area (Å²) in [6.07, 6.45) is 0.402. The zero-order valence-electron chi connectivity index (χ0n) is 12.4. The molecule has 0 heterocycles. The third-order valence-electron chi connectivity index (χ3n) is 3.15. The van der Waals surface area contributed by atoms with Gasteiger partial charge in [-0.05, 0) is 25.0 Å². The molecule has 0 aliphatic heterocycles. The van der Waals surface area contributed by atoms with Gasteiger partial charge in [0.25, 0.3) is 0 Å². The van der Waals surface area contributed by atoms with E-state index >= 15 is 0 Å². The van der Waals surface area contributed by atoms with Crippen molar-refractivity contribution in [3.8, 4) is 0 Å². The predicted molar refractivity (Wildman–Crippen MR) is 86.9 cm³/mol. The Morgan fingerprint density at radius 1 is 0.714 bits per heavy atom. The van der Waals surface area contributed by atoms with Crippen LogP contribution in [0, 0.1) is 0 Å². The van der Waals surface area contributed by atoms with Crippen LogP contribution < -0.4 is 0 Å². The summed E-state index contributed by atoms with van der Waals surface area (Å²) < 4.78 is 29.4. The third kappa shape index (κ3) is 5.50. The van der Waals surface area contributed by atoms with Gasteiger partial charge in [0.15, 0.2) is 10.0 Å². The standard InChI is InChI=1S/C18H20F2S/c1-17(19,13-15-9-5-3-6-10-15)21-18(2,20)14-16-11-7-4-8-12-16/h3-12H,13-14H2,1-2H3. The first-order chi connectivity index (χ1) is 9.86. The second-order valence-electron chi connectivity index (χ2n) is 5.63. The number of halogens is 2. The van der Waals surface area contributed by atoms with Gasteiger partial charge in [0.2, 0.25) is 0 Å². The molecule has 2 unspecified atom stereocenters. The Morgan fingerprint density at radius 3 is 1.38 bits per heavy atom. The van der Waals surface area contributed by atoms with Gasteiger partial charge in [-0.3, -0.25) is 0 Å². The van der Waals surface area contributed by atoms with E-state index < -0.39 is 10.0 Å². The molecule has 112 valence electrons. The summed E-state index contributed by atoms with van der Waals surface area (Å²) in [5, 5.41) is -3.28. The van der Waals surface area contributed by atoms with Gasteiger partial charge in [0.1, 0.15) is 0 Å². The summed E-state index contributed by atoms with van der Waals surface area (Å²) in [5.41, 5.74) is 1.76. The summed E-state index contributed by atoms with van der Waals surface area (Å²) in [6, 6.07) is 18.7. The molecule has 0 aliphatic carbocycles. The molecule has 0 saturated heterocycles. The minimum absolute atomic E-state index is 0.201. The average molecular weight is 306 g/mol. The predicted octanol–water partition coefficient (Wildman–Crippen LogP) is 5.58. The SMILES string of the molecule is CC(F)(Cc1ccccc1)SC(C)(F)Cc1ccccc1. The van der Waals surface area contributed by atoms with E-state index in [4.69, 9.17) is 0 Å². The van der Waals surface area contributed by atoms with E-state index in [0.29, 0.717) is 0 Å². The maximum absolute atomic E-state index is 14.7. The minimum Gasteiger partial charge on any atom is -0.232 e. The van der Waals surface area contributed by atoms with E-state index in [-0.39, 0.29) is 12.8 Å². The zero-order valence-corrected chi connectivity index (χ0v) is 13.2. The van der Waals surface area contributed by atoms with E-state index in [1.54, 1.807) is 0 Å². The molecule has 0 bridgehead atoms. The first-order valence-corrected chi connectivity index (χ1v) is 7.84. The molecule has 21 heavy (non-hydrogen) atoms. The number of hydrogen-bond acceptors (Lipinski definition) is 1. The van der Waals surface area contributed by atoms with Crippen molar-refractivity contribution in [3.63, 3.8) is 0 Å². The molecular formula is C18H20F2S. The minimum atomic E-state index is -1.64. The highest BCUT2D eigenvalue weighted by Gasteiger charge is 2.36. The molecule has 0 N–H and O–H groups in total. The van der Waals surface area contributed by atoms with Crippen LogP contribution in [0.5, 0.6) is 0 Å². The van der Waals surface area contributed by atoms with Crippen LogP contribution in [0.1, 0.15) is 25.0 Å².